The predicted octanol–water partition coefficient (Wildman–Crippen LogP) is 1.26. The molecule has 0 amide bonds. The van der Waals surface area contributed by atoms with E-state index in [0.717, 1.165) is 0 Å². The number of carbonyl (C=O) groups excluding carboxylic acids is 3. The number of ketones is 1. The highest BCUT2D eigenvalue weighted by atomic mass is 16.5. The molecule has 0 radical (unpaired) electrons. The Labute approximate surface area is 173 Å². The van der Waals surface area contributed by atoms with Gasteiger partial charge in [0.2, 0.25) is 0 Å². The molecule has 0 spiro atoms. The molecule has 0 heterocycles. The SMILES string of the molecule is COC(=O)/C=C/C1=CC2C3c4cc(OC)c(OC)cc4C2(O)C(=O)C1C3C(=O)OC. The molecule has 0 aromatic heterocycles. The summed E-state index contributed by atoms with van der Waals surface area (Å²) in [6, 6.07) is 3.30. The van der Waals surface area contributed by atoms with E-state index in [-0.39, 0.29) is 0 Å². The number of benzene rings is 1. The molecule has 4 aliphatic carbocycles. The van der Waals surface area contributed by atoms with E-state index in [1.807, 2.05) is 0 Å². The van der Waals surface area contributed by atoms with Gasteiger partial charge in [0, 0.05) is 17.9 Å². The highest BCUT2D eigenvalue weighted by Crippen LogP contribution is 2.65. The van der Waals surface area contributed by atoms with Crippen molar-refractivity contribution in [2.45, 2.75) is 11.5 Å². The summed E-state index contributed by atoms with van der Waals surface area (Å²) in [7, 11) is 5.47. The van der Waals surface area contributed by atoms with Crippen molar-refractivity contribution < 1.29 is 38.4 Å². The normalized spacial score (nSPS) is 30.7. The van der Waals surface area contributed by atoms with Crippen LogP contribution in [0.15, 0.2) is 35.9 Å². The van der Waals surface area contributed by atoms with Gasteiger partial charge in [-0.15, -0.1) is 0 Å². The zero-order chi connectivity index (χ0) is 21.8. The number of allylic oxidation sites excluding steroid dienone is 2. The lowest BCUT2D eigenvalue weighted by Crippen LogP contribution is -2.56. The van der Waals surface area contributed by atoms with Crippen LogP contribution in [0.25, 0.3) is 0 Å². The molecule has 1 aromatic carbocycles. The summed E-state index contributed by atoms with van der Waals surface area (Å²) in [5, 5.41) is 11.6. The van der Waals surface area contributed by atoms with Crippen LogP contribution in [0.1, 0.15) is 17.0 Å². The summed E-state index contributed by atoms with van der Waals surface area (Å²) in [5.41, 5.74) is -0.252. The molecule has 1 saturated carbocycles. The number of fused-ring (bicyclic) bond motifs is 1. The van der Waals surface area contributed by atoms with E-state index in [2.05, 4.69) is 4.74 Å². The van der Waals surface area contributed by atoms with Crippen molar-refractivity contribution >= 4 is 17.7 Å². The largest absolute Gasteiger partial charge is 0.493 e. The molecular weight excluding hydrogens is 392 g/mol. The molecule has 5 rings (SSSR count). The number of Topliss-reactive ketones (excluding diaryl/α,β-unsaturated/α-hetero) is 1. The molecule has 0 aliphatic heterocycles. The zero-order valence-electron chi connectivity index (χ0n) is 17.0. The van der Waals surface area contributed by atoms with E-state index in [9.17, 15) is 19.5 Å². The lowest BCUT2D eigenvalue weighted by atomic mass is 9.55. The smallest absolute Gasteiger partial charge is 0.330 e. The van der Waals surface area contributed by atoms with Crippen LogP contribution in [-0.4, -0.2) is 51.3 Å². The Morgan fingerprint density at radius 1 is 1.07 bits per heavy atom. The fraction of sp³-hybridized carbons (Fsp3) is 0.409. The summed E-state index contributed by atoms with van der Waals surface area (Å²) in [6.45, 7) is 0. The van der Waals surface area contributed by atoms with E-state index in [4.69, 9.17) is 14.2 Å². The average molecular weight is 414 g/mol. The van der Waals surface area contributed by atoms with E-state index >= 15 is 0 Å². The lowest BCUT2D eigenvalue weighted by molar-refractivity contribution is -0.166. The third kappa shape index (κ3) is 2.46. The third-order valence-electron chi connectivity index (χ3n) is 6.42. The number of esters is 2. The van der Waals surface area contributed by atoms with Crippen LogP contribution >= 0.6 is 0 Å². The lowest BCUT2D eigenvalue weighted by Gasteiger charge is -2.47. The molecule has 1 fully saturated rings. The third-order valence-corrected chi connectivity index (χ3v) is 6.42. The molecule has 158 valence electrons. The van der Waals surface area contributed by atoms with E-state index in [0.29, 0.717) is 28.2 Å². The number of carbonyl (C=O) groups is 3. The Balaban J connectivity index is 1.94. The molecule has 30 heavy (non-hydrogen) atoms. The minimum absolute atomic E-state index is 0.380. The molecular formula is C22H22O8. The minimum Gasteiger partial charge on any atom is -0.493 e. The van der Waals surface area contributed by atoms with Crippen molar-refractivity contribution in [3.8, 4) is 11.5 Å². The first-order valence-electron chi connectivity index (χ1n) is 9.42. The Morgan fingerprint density at radius 3 is 2.33 bits per heavy atom. The van der Waals surface area contributed by atoms with Gasteiger partial charge in [0.25, 0.3) is 0 Å². The molecule has 4 aliphatic rings. The van der Waals surface area contributed by atoms with E-state index in [1.165, 1.54) is 40.6 Å². The standard InChI is InChI=1S/C22H22O8/c1-27-14-8-11-12(9-15(14)28-2)22(26)13-7-10(5-6-16(23)29-3)17(20(22)24)19(18(11)13)21(25)30-4/h5-9,13,17-19,26H,1-4H3/b6-5+. The first kappa shape index (κ1) is 20.2. The van der Waals surface area contributed by atoms with Gasteiger partial charge in [0.05, 0.1) is 40.3 Å². The number of methoxy groups -OCH3 is 4. The van der Waals surface area contributed by atoms with Gasteiger partial charge < -0.3 is 24.1 Å². The maximum absolute atomic E-state index is 13.5. The van der Waals surface area contributed by atoms with Crippen molar-refractivity contribution in [3.63, 3.8) is 0 Å². The number of hydrogen-bond acceptors (Lipinski definition) is 8. The molecule has 8 heteroatoms. The van der Waals surface area contributed by atoms with Gasteiger partial charge in [-0.05, 0) is 28.8 Å². The molecule has 5 unspecified atom stereocenters. The number of aliphatic hydroxyl groups is 1. The number of ether oxygens (including phenoxy) is 4. The van der Waals surface area contributed by atoms with Gasteiger partial charge in [-0.25, -0.2) is 4.79 Å². The van der Waals surface area contributed by atoms with Crippen molar-refractivity contribution in [1.29, 1.82) is 0 Å². The summed E-state index contributed by atoms with van der Waals surface area (Å²) in [5.74, 6) is -3.78. The second kappa shape index (κ2) is 6.98. The van der Waals surface area contributed by atoms with Crippen LogP contribution in [0.5, 0.6) is 11.5 Å². The van der Waals surface area contributed by atoms with Crippen LogP contribution in [0.4, 0.5) is 0 Å². The Kier molecular flexibility index (Phi) is 4.69. The average Bonchev–Trinajstić information content (AvgIpc) is 2.98. The van der Waals surface area contributed by atoms with Crippen LogP contribution in [0.3, 0.4) is 0 Å². The van der Waals surface area contributed by atoms with Gasteiger partial charge in [-0.3, -0.25) is 9.59 Å². The maximum Gasteiger partial charge on any atom is 0.330 e. The summed E-state index contributed by atoms with van der Waals surface area (Å²) >= 11 is 0. The van der Waals surface area contributed by atoms with Gasteiger partial charge >= 0.3 is 11.9 Å². The Bertz CT molecular complexity index is 1010. The van der Waals surface area contributed by atoms with E-state index in [1.54, 1.807) is 18.2 Å². The highest BCUT2D eigenvalue weighted by molar-refractivity contribution is 6.02. The number of hydrogen-bond donors (Lipinski definition) is 1. The molecule has 1 aromatic rings. The van der Waals surface area contributed by atoms with Crippen molar-refractivity contribution in [2.75, 3.05) is 28.4 Å². The number of rotatable bonds is 5. The fourth-order valence-corrected chi connectivity index (χ4v) is 5.16. The van der Waals surface area contributed by atoms with Gasteiger partial charge in [0.15, 0.2) is 22.9 Å². The summed E-state index contributed by atoms with van der Waals surface area (Å²) in [6.07, 6.45) is 4.41. The second-order valence-electron chi connectivity index (χ2n) is 7.53. The molecule has 1 N–H and O–H groups in total. The van der Waals surface area contributed by atoms with Crippen molar-refractivity contribution in [1.82, 2.24) is 0 Å². The topological polar surface area (TPSA) is 108 Å². The van der Waals surface area contributed by atoms with Crippen LogP contribution in [-0.2, 0) is 29.5 Å². The predicted molar refractivity (Wildman–Crippen MR) is 103 cm³/mol. The Morgan fingerprint density at radius 2 is 1.73 bits per heavy atom. The van der Waals surface area contributed by atoms with Gasteiger partial charge in [-0.1, -0.05) is 12.2 Å². The molecule has 4 bridgehead atoms. The minimum atomic E-state index is -1.79. The van der Waals surface area contributed by atoms with Gasteiger partial charge in [0.1, 0.15) is 0 Å². The quantitative estimate of drug-likeness (QED) is 0.567. The molecule has 8 nitrogen and oxygen atoms in total. The van der Waals surface area contributed by atoms with Crippen molar-refractivity contribution in [2.24, 2.45) is 17.8 Å². The zero-order valence-corrected chi connectivity index (χ0v) is 17.0. The first-order chi connectivity index (χ1) is 14.3. The van der Waals surface area contributed by atoms with Crippen LogP contribution in [0, 0.1) is 17.8 Å². The maximum atomic E-state index is 13.5. The first-order valence-corrected chi connectivity index (χ1v) is 9.42. The monoisotopic (exact) mass is 414 g/mol. The van der Waals surface area contributed by atoms with Crippen molar-refractivity contribution in [3.05, 3.63) is 47.1 Å². The summed E-state index contributed by atoms with van der Waals surface area (Å²) in [4.78, 5) is 37.8. The molecule has 0 saturated heterocycles. The fourth-order valence-electron chi connectivity index (χ4n) is 5.16. The second-order valence-corrected chi connectivity index (χ2v) is 7.53. The Hall–Kier alpha value is -3.13. The van der Waals surface area contributed by atoms with E-state index < -0.39 is 47.0 Å². The highest BCUT2D eigenvalue weighted by Gasteiger charge is 2.69. The van der Waals surface area contributed by atoms with Crippen LogP contribution in [0.2, 0.25) is 0 Å². The van der Waals surface area contributed by atoms with Gasteiger partial charge in [-0.2, -0.15) is 0 Å². The summed E-state index contributed by atoms with van der Waals surface area (Å²) < 4.78 is 20.4. The van der Waals surface area contributed by atoms with Crippen LogP contribution < -0.4 is 9.47 Å². The molecule has 5 atom stereocenters.